The highest BCUT2D eigenvalue weighted by Gasteiger charge is 2.32. The lowest BCUT2D eigenvalue weighted by Gasteiger charge is -2.23. The Hall–Kier alpha value is -0.570. The summed E-state index contributed by atoms with van der Waals surface area (Å²) in [6.45, 7) is 3.83. The van der Waals surface area contributed by atoms with Gasteiger partial charge in [0.25, 0.3) is 0 Å². The van der Waals surface area contributed by atoms with Crippen LogP contribution in [0.15, 0.2) is 4.99 Å². The second kappa shape index (κ2) is 9.94. The molecule has 2 atom stereocenters. The van der Waals surface area contributed by atoms with Gasteiger partial charge in [0, 0.05) is 44.7 Å². The van der Waals surface area contributed by atoms with E-state index < -0.39 is 0 Å². The van der Waals surface area contributed by atoms with Crippen LogP contribution in [0, 0.1) is 5.92 Å². The van der Waals surface area contributed by atoms with Gasteiger partial charge in [-0.05, 0) is 45.7 Å². The Morgan fingerprint density at radius 2 is 1.88 bits per heavy atom. The number of guanidine groups is 1. The molecule has 1 saturated carbocycles. The molecule has 3 rings (SSSR count). The minimum Gasteiger partial charge on any atom is -0.355 e. The van der Waals surface area contributed by atoms with Gasteiger partial charge in [0.05, 0.1) is 0 Å². The maximum atomic E-state index is 12.5. The van der Waals surface area contributed by atoms with E-state index in [1.54, 1.807) is 0 Å². The van der Waals surface area contributed by atoms with Crippen molar-refractivity contribution in [2.45, 2.75) is 57.0 Å². The zero-order valence-electron chi connectivity index (χ0n) is 15.7. The zero-order valence-corrected chi connectivity index (χ0v) is 18.0. The number of hydrogen-bond acceptors (Lipinski definition) is 3. The van der Waals surface area contributed by atoms with Crippen molar-refractivity contribution in [1.82, 2.24) is 20.4 Å². The summed E-state index contributed by atoms with van der Waals surface area (Å²) in [5.41, 5.74) is 0. The summed E-state index contributed by atoms with van der Waals surface area (Å²) in [5.74, 6) is 1.54. The maximum Gasteiger partial charge on any atom is 0.225 e. The Morgan fingerprint density at radius 3 is 2.52 bits per heavy atom. The number of carbonyl (C=O) groups is 1. The third-order valence-electron chi connectivity index (χ3n) is 5.95. The maximum absolute atomic E-state index is 12.5. The number of halogens is 1. The molecule has 3 aliphatic rings. The highest BCUT2D eigenvalue weighted by atomic mass is 127. The molecular formula is C18H34IN5O. The van der Waals surface area contributed by atoms with Crippen molar-refractivity contribution < 1.29 is 4.79 Å². The molecule has 1 aliphatic carbocycles. The van der Waals surface area contributed by atoms with Crippen LogP contribution in [0.1, 0.15) is 44.9 Å². The number of likely N-dealkylation sites (tertiary alicyclic amines) is 2. The van der Waals surface area contributed by atoms with Crippen molar-refractivity contribution in [3.05, 3.63) is 0 Å². The number of hydrogen-bond donors (Lipinski definition) is 2. The lowest BCUT2D eigenvalue weighted by atomic mass is 10.1. The van der Waals surface area contributed by atoms with Crippen LogP contribution in [0.2, 0.25) is 0 Å². The summed E-state index contributed by atoms with van der Waals surface area (Å²) in [4.78, 5) is 21.4. The number of rotatable bonds is 4. The van der Waals surface area contributed by atoms with Gasteiger partial charge in [0.2, 0.25) is 5.91 Å². The molecule has 0 radical (unpaired) electrons. The fourth-order valence-corrected chi connectivity index (χ4v) is 4.35. The van der Waals surface area contributed by atoms with E-state index in [-0.39, 0.29) is 24.0 Å². The van der Waals surface area contributed by atoms with Crippen LogP contribution < -0.4 is 10.6 Å². The molecule has 144 valence electrons. The molecule has 0 aromatic heterocycles. The van der Waals surface area contributed by atoms with E-state index in [0.717, 1.165) is 44.9 Å². The van der Waals surface area contributed by atoms with Crippen LogP contribution in [-0.2, 0) is 4.79 Å². The third kappa shape index (κ3) is 5.45. The number of amides is 1. The number of aliphatic imine (C=N–C) groups is 1. The van der Waals surface area contributed by atoms with Crippen molar-refractivity contribution in [3.8, 4) is 0 Å². The third-order valence-corrected chi connectivity index (χ3v) is 5.95. The minimum absolute atomic E-state index is 0. The Labute approximate surface area is 169 Å². The first-order chi connectivity index (χ1) is 11.7. The van der Waals surface area contributed by atoms with E-state index in [0.29, 0.717) is 23.9 Å². The quantitative estimate of drug-likeness (QED) is 0.378. The van der Waals surface area contributed by atoms with Gasteiger partial charge in [0.15, 0.2) is 5.96 Å². The van der Waals surface area contributed by atoms with Crippen molar-refractivity contribution in [2.75, 3.05) is 40.3 Å². The monoisotopic (exact) mass is 463 g/mol. The average Bonchev–Trinajstić information content (AvgIpc) is 3.33. The van der Waals surface area contributed by atoms with E-state index in [9.17, 15) is 4.79 Å². The number of nitrogens with one attached hydrogen (secondary N) is 2. The Kier molecular flexibility index (Phi) is 8.25. The van der Waals surface area contributed by atoms with Gasteiger partial charge in [0.1, 0.15) is 0 Å². The highest BCUT2D eigenvalue weighted by Crippen LogP contribution is 2.27. The number of likely N-dealkylation sites (N-methyl/N-ethyl adjacent to an activating group) is 1. The van der Waals surface area contributed by atoms with Crippen LogP contribution >= 0.6 is 24.0 Å². The average molecular weight is 463 g/mol. The SMILES string of the molecule is CN=C(NCC1CCCN1C)NC1CCN(C(=O)C2CCCC2)C1.I. The van der Waals surface area contributed by atoms with E-state index in [1.807, 2.05) is 7.05 Å². The van der Waals surface area contributed by atoms with E-state index in [1.165, 1.54) is 32.2 Å². The molecule has 6 nitrogen and oxygen atoms in total. The van der Waals surface area contributed by atoms with E-state index >= 15 is 0 Å². The molecule has 1 amide bonds. The molecule has 3 fully saturated rings. The van der Waals surface area contributed by atoms with Gasteiger partial charge in [-0.3, -0.25) is 9.79 Å². The predicted molar refractivity (Wildman–Crippen MR) is 113 cm³/mol. The summed E-state index contributed by atoms with van der Waals surface area (Å²) in [5, 5.41) is 6.97. The molecule has 2 heterocycles. The largest absolute Gasteiger partial charge is 0.355 e. The molecule has 2 saturated heterocycles. The molecule has 0 aromatic rings. The predicted octanol–water partition coefficient (Wildman–Crippen LogP) is 1.65. The Bertz CT molecular complexity index is 466. The fourth-order valence-electron chi connectivity index (χ4n) is 4.35. The Morgan fingerprint density at radius 1 is 1.12 bits per heavy atom. The van der Waals surface area contributed by atoms with E-state index in [4.69, 9.17) is 0 Å². The molecule has 2 aliphatic heterocycles. The number of nitrogens with zero attached hydrogens (tertiary/aromatic N) is 3. The van der Waals surface area contributed by atoms with Crippen LogP contribution in [0.25, 0.3) is 0 Å². The van der Waals surface area contributed by atoms with Crippen LogP contribution in [0.3, 0.4) is 0 Å². The molecule has 0 spiro atoms. The second-order valence-electron chi connectivity index (χ2n) is 7.63. The first-order valence-electron chi connectivity index (χ1n) is 9.63. The molecule has 7 heteroatoms. The van der Waals surface area contributed by atoms with Gasteiger partial charge >= 0.3 is 0 Å². The van der Waals surface area contributed by atoms with Gasteiger partial charge in [-0.2, -0.15) is 0 Å². The molecular weight excluding hydrogens is 429 g/mol. The first kappa shape index (κ1) is 20.7. The van der Waals surface area contributed by atoms with Gasteiger partial charge in [-0.1, -0.05) is 12.8 Å². The van der Waals surface area contributed by atoms with Crippen LogP contribution in [0.4, 0.5) is 0 Å². The smallest absolute Gasteiger partial charge is 0.225 e. The van der Waals surface area contributed by atoms with Crippen molar-refractivity contribution >= 4 is 35.8 Å². The fraction of sp³-hybridized carbons (Fsp3) is 0.889. The normalized spacial score (nSPS) is 28.2. The van der Waals surface area contributed by atoms with Crippen LogP contribution in [-0.4, -0.2) is 74.0 Å². The van der Waals surface area contributed by atoms with Crippen molar-refractivity contribution in [3.63, 3.8) is 0 Å². The zero-order chi connectivity index (χ0) is 16.9. The summed E-state index contributed by atoms with van der Waals surface area (Å²) in [6.07, 6.45) is 8.18. The lowest BCUT2D eigenvalue weighted by molar-refractivity contribution is -0.134. The van der Waals surface area contributed by atoms with E-state index in [2.05, 4.69) is 32.5 Å². The van der Waals surface area contributed by atoms with Gasteiger partial charge in [-0.15, -0.1) is 24.0 Å². The lowest BCUT2D eigenvalue weighted by Crippen LogP contribution is -2.48. The summed E-state index contributed by atoms with van der Waals surface area (Å²) in [7, 11) is 4.02. The van der Waals surface area contributed by atoms with Crippen molar-refractivity contribution in [2.24, 2.45) is 10.9 Å². The first-order valence-corrected chi connectivity index (χ1v) is 9.63. The Balaban J connectivity index is 0.00000225. The van der Waals surface area contributed by atoms with Gasteiger partial charge in [-0.25, -0.2) is 0 Å². The molecule has 2 N–H and O–H groups in total. The summed E-state index contributed by atoms with van der Waals surface area (Å²) in [6, 6.07) is 0.926. The second-order valence-corrected chi connectivity index (χ2v) is 7.63. The van der Waals surface area contributed by atoms with Gasteiger partial charge < -0.3 is 20.4 Å². The summed E-state index contributed by atoms with van der Waals surface area (Å²) >= 11 is 0. The van der Waals surface area contributed by atoms with Crippen LogP contribution in [0.5, 0.6) is 0 Å². The molecule has 25 heavy (non-hydrogen) atoms. The molecule has 0 aromatic carbocycles. The summed E-state index contributed by atoms with van der Waals surface area (Å²) < 4.78 is 0. The number of carbonyl (C=O) groups excluding carboxylic acids is 1. The molecule has 2 unspecified atom stereocenters. The minimum atomic E-state index is 0. The molecule has 0 bridgehead atoms. The van der Waals surface area contributed by atoms with Crippen molar-refractivity contribution in [1.29, 1.82) is 0 Å². The highest BCUT2D eigenvalue weighted by molar-refractivity contribution is 14.0. The topological polar surface area (TPSA) is 60.0 Å². The standard InChI is InChI=1S/C18H33N5O.HI/c1-19-18(20-12-16-8-5-10-22(16)2)21-15-9-11-23(13-15)17(24)14-6-3-4-7-14;/h14-16H,3-13H2,1-2H3,(H2,19,20,21);1H.